The molecule has 106 valence electrons. The van der Waals surface area contributed by atoms with E-state index >= 15 is 0 Å². The summed E-state index contributed by atoms with van der Waals surface area (Å²) in [5.74, 6) is 0.287. The fourth-order valence-electron chi connectivity index (χ4n) is 1.77. The topological polar surface area (TPSA) is 74.2 Å². The lowest BCUT2D eigenvalue weighted by atomic mass is 10.2. The van der Waals surface area contributed by atoms with Crippen LogP contribution in [0.1, 0.15) is 17.3 Å². The van der Waals surface area contributed by atoms with E-state index in [2.05, 4.69) is 13.7 Å². The monoisotopic (exact) mass is 301 g/mol. The molecule has 0 atom stereocenters. The normalized spacial score (nSPS) is 10.5. The summed E-state index contributed by atoms with van der Waals surface area (Å²) < 4.78 is 18.9. The van der Waals surface area contributed by atoms with Crippen LogP contribution in [0.3, 0.4) is 0 Å². The van der Waals surface area contributed by atoms with Crippen molar-refractivity contribution in [2.75, 3.05) is 6.61 Å². The molecular weight excluding hydrogens is 290 g/mol. The standard InChI is InChI=1S/C14H11N3O3S/c1-2-19-14(18)10-4-3-7-15-13(10)20-9-5-6-11-12(8-9)17-21-16-11/h3-8H,2H2,1H3. The highest BCUT2D eigenvalue weighted by Crippen LogP contribution is 2.26. The zero-order valence-electron chi connectivity index (χ0n) is 11.1. The number of hydrogen-bond donors (Lipinski definition) is 0. The van der Waals surface area contributed by atoms with Crippen molar-refractivity contribution in [3.05, 3.63) is 42.1 Å². The molecule has 0 aliphatic heterocycles. The molecule has 21 heavy (non-hydrogen) atoms. The predicted octanol–water partition coefficient (Wildman–Crippen LogP) is 3.06. The van der Waals surface area contributed by atoms with E-state index in [-0.39, 0.29) is 11.4 Å². The van der Waals surface area contributed by atoms with E-state index < -0.39 is 5.97 Å². The van der Waals surface area contributed by atoms with E-state index in [4.69, 9.17) is 9.47 Å². The van der Waals surface area contributed by atoms with Crippen LogP contribution in [0.5, 0.6) is 11.6 Å². The second-order valence-corrected chi connectivity index (χ2v) is 4.62. The summed E-state index contributed by atoms with van der Waals surface area (Å²) >= 11 is 1.14. The largest absolute Gasteiger partial charge is 0.462 e. The molecule has 1 aromatic carbocycles. The molecule has 6 nitrogen and oxygen atoms in total. The Balaban J connectivity index is 1.91. The minimum atomic E-state index is -0.461. The molecule has 3 rings (SSSR count). The molecule has 7 heteroatoms. The van der Waals surface area contributed by atoms with Gasteiger partial charge in [-0.15, -0.1) is 0 Å². The molecule has 0 N–H and O–H groups in total. The first-order valence-electron chi connectivity index (χ1n) is 6.30. The van der Waals surface area contributed by atoms with Crippen LogP contribution in [-0.2, 0) is 4.74 Å². The van der Waals surface area contributed by atoms with E-state index in [1.165, 1.54) is 0 Å². The van der Waals surface area contributed by atoms with Gasteiger partial charge in [0.1, 0.15) is 22.3 Å². The zero-order valence-corrected chi connectivity index (χ0v) is 12.0. The van der Waals surface area contributed by atoms with Crippen LogP contribution in [0.25, 0.3) is 11.0 Å². The Bertz CT molecular complexity index is 788. The number of benzene rings is 1. The number of rotatable bonds is 4. The molecule has 0 spiro atoms. The smallest absolute Gasteiger partial charge is 0.343 e. The Kier molecular flexibility index (Phi) is 3.74. The minimum Gasteiger partial charge on any atom is -0.462 e. The number of hydrogen-bond acceptors (Lipinski definition) is 7. The number of aromatic nitrogens is 3. The maximum Gasteiger partial charge on any atom is 0.343 e. The highest BCUT2D eigenvalue weighted by atomic mass is 32.1. The average Bonchev–Trinajstić information content (AvgIpc) is 2.95. The highest BCUT2D eigenvalue weighted by molar-refractivity contribution is 7.00. The van der Waals surface area contributed by atoms with Crippen molar-refractivity contribution < 1.29 is 14.3 Å². The Morgan fingerprint density at radius 1 is 1.24 bits per heavy atom. The predicted molar refractivity (Wildman–Crippen MR) is 77.7 cm³/mol. The summed E-state index contributed by atoms with van der Waals surface area (Å²) in [6.45, 7) is 2.04. The third kappa shape index (κ3) is 2.82. The van der Waals surface area contributed by atoms with Gasteiger partial charge in [0, 0.05) is 12.3 Å². The van der Waals surface area contributed by atoms with E-state index in [1.54, 1.807) is 43.5 Å². The average molecular weight is 301 g/mol. The lowest BCUT2D eigenvalue weighted by Gasteiger charge is -2.08. The second-order valence-electron chi connectivity index (χ2n) is 4.09. The highest BCUT2D eigenvalue weighted by Gasteiger charge is 2.15. The van der Waals surface area contributed by atoms with Gasteiger partial charge in [0.05, 0.1) is 18.3 Å². The molecule has 2 aromatic heterocycles. The van der Waals surface area contributed by atoms with E-state index in [0.29, 0.717) is 12.4 Å². The number of pyridine rings is 1. The first-order valence-corrected chi connectivity index (χ1v) is 7.03. The number of carbonyl (C=O) groups excluding carboxylic acids is 1. The van der Waals surface area contributed by atoms with Crippen molar-refractivity contribution in [1.29, 1.82) is 0 Å². The first-order chi connectivity index (χ1) is 10.3. The fourth-order valence-corrected chi connectivity index (χ4v) is 2.29. The molecule has 0 saturated carbocycles. The van der Waals surface area contributed by atoms with Crippen LogP contribution >= 0.6 is 11.7 Å². The summed E-state index contributed by atoms with van der Waals surface area (Å²) in [5.41, 5.74) is 1.83. The number of ether oxygens (including phenoxy) is 2. The lowest BCUT2D eigenvalue weighted by Crippen LogP contribution is -2.07. The summed E-state index contributed by atoms with van der Waals surface area (Å²) in [6, 6.07) is 8.59. The van der Waals surface area contributed by atoms with Gasteiger partial charge in [-0.2, -0.15) is 8.75 Å². The van der Waals surface area contributed by atoms with Gasteiger partial charge in [-0.1, -0.05) is 0 Å². The van der Waals surface area contributed by atoms with Gasteiger partial charge in [0.2, 0.25) is 5.88 Å². The molecule has 0 bridgehead atoms. The molecule has 3 aromatic rings. The Morgan fingerprint density at radius 2 is 2.10 bits per heavy atom. The van der Waals surface area contributed by atoms with Crippen molar-refractivity contribution in [2.24, 2.45) is 0 Å². The van der Waals surface area contributed by atoms with Crippen LogP contribution in [0.4, 0.5) is 0 Å². The molecule has 0 radical (unpaired) electrons. The molecular formula is C14H11N3O3S. The summed E-state index contributed by atoms with van der Waals surface area (Å²) in [6.07, 6.45) is 1.56. The SMILES string of the molecule is CCOC(=O)c1cccnc1Oc1ccc2nsnc2c1. The Morgan fingerprint density at radius 3 is 2.95 bits per heavy atom. The first kappa shape index (κ1) is 13.4. The van der Waals surface area contributed by atoms with Crippen molar-refractivity contribution in [3.63, 3.8) is 0 Å². The molecule has 0 fully saturated rings. The molecule has 0 saturated heterocycles. The van der Waals surface area contributed by atoms with Gasteiger partial charge in [0.15, 0.2) is 0 Å². The van der Waals surface area contributed by atoms with Gasteiger partial charge in [-0.3, -0.25) is 0 Å². The van der Waals surface area contributed by atoms with Crippen molar-refractivity contribution in [1.82, 2.24) is 13.7 Å². The minimum absolute atomic E-state index is 0.207. The Hall–Kier alpha value is -2.54. The lowest BCUT2D eigenvalue weighted by molar-refractivity contribution is 0.0522. The van der Waals surface area contributed by atoms with Crippen molar-refractivity contribution in [2.45, 2.75) is 6.92 Å². The number of nitrogens with zero attached hydrogens (tertiary/aromatic N) is 3. The summed E-state index contributed by atoms with van der Waals surface area (Å²) in [4.78, 5) is 16.0. The third-order valence-electron chi connectivity index (χ3n) is 2.71. The quantitative estimate of drug-likeness (QED) is 0.689. The molecule has 0 amide bonds. The summed E-state index contributed by atoms with van der Waals surface area (Å²) in [5, 5.41) is 0. The van der Waals surface area contributed by atoms with Crippen molar-refractivity contribution in [3.8, 4) is 11.6 Å². The molecule has 0 aliphatic carbocycles. The summed E-state index contributed by atoms with van der Waals surface area (Å²) in [7, 11) is 0. The van der Waals surface area contributed by atoms with Gasteiger partial charge in [0.25, 0.3) is 0 Å². The number of esters is 1. The van der Waals surface area contributed by atoms with E-state index in [0.717, 1.165) is 22.8 Å². The van der Waals surface area contributed by atoms with Crippen LogP contribution in [0, 0.1) is 0 Å². The van der Waals surface area contributed by atoms with Crippen LogP contribution < -0.4 is 4.74 Å². The van der Waals surface area contributed by atoms with E-state index in [1.807, 2.05) is 0 Å². The maximum absolute atomic E-state index is 11.9. The number of carbonyl (C=O) groups is 1. The van der Waals surface area contributed by atoms with Gasteiger partial charge in [-0.05, 0) is 31.2 Å². The molecule has 0 unspecified atom stereocenters. The fraction of sp³-hybridized carbons (Fsp3) is 0.143. The zero-order chi connectivity index (χ0) is 14.7. The van der Waals surface area contributed by atoms with Gasteiger partial charge < -0.3 is 9.47 Å². The van der Waals surface area contributed by atoms with Gasteiger partial charge >= 0.3 is 5.97 Å². The third-order valence-corrected chi connectivity index (χ3v) is 3.26. The van der Waals surface area contributed by atoms with Crippen LogP contribution in [0.2, 0.25) is 0 Å². The molecule has 0 aliphatic rings. The second kappa shape index (κ2) is 5.84. The van der Waals surface area contributed by atoms with E-state index in [9.17, 15) is 4.79 Å². The number of fused-ring (bicyclic) bond motifs is 1. The maximum atomic E-state index is 11.9. The van der Waals surface area contributed by atoms with Crippen LogP contribution in [-0.4, -0.2) is 26.3 Å². The molecule has 2 heterocycles. The van der Waals surface area contributed by atoms with Crippen molar-refractivity contribution >= 4 is 28.7 Å². The van der Waals surface area contributed by atoms with Crippen LogP contribution in [0.15, 0.2) is 36.5 Å². The Labute approximate surface area is 124 Å². The van der Waals surface area contributed by atoms with Gasteiger partial charge in [-0.25, -0.2) is 9.78 Å².